The lowest BCUT2D eigenvalue weighted by Crippen LogP contribution is -2.45. The number of aliphatic imine (C=N–C) groups is 1. The van der Waals surface area contributed by atoms with Crippen LogP contribution in [0.2, 0.25) is 0 Å². The van der Waals surface area contributed by atoms with Gasteiger partial charge in [0.2, 0.25) is 5.60 Å². The average molecular weight is 554 g/mol. The Morgan fingerprint density at radius 2 is 1.72 bits per heavy atom. The molecule has 0 N–H and O–H groups in total. The van der Waals surface area contributed by atoms with Crippen molar-refractivity contribution in [1.82, 2.24) is 0 Å². The van der Waals surface area contributed by atoms with Crippen LogP contribution in [-0.2, 0) is 20.7 Å². The van der Waals surface area contributed by atoms with Gasteiger partial charge in [0, 0.05) is 24.0 Å². The third-order valence-electron chi connectivity index (χ3n) is 5.00. The molecule has 0 aliphatic rings. The van der Waals surface area contributed by atoms with Crippen LogP contribution in [0.1, 0.15) is 53.5 Å². The molecule has 0 fully saturated rings. The van der Waals surface area contributed by atoms with E-state index in [9.17, 15) is 4.79 Å². The first-order valence-electron chi connectivity index (χ1n) is 13.3. The summed E-state index contributed by atoms with van der Waals surface area (Å²) in [5.41, 5.74) is 0.535. The molecule has 0 spiro atoms. The van der Waals surface area contributed by atoms with Crippen LogP contribution >= 0.6 is 11.8 Å². The zero-order chi connectivity index (χ0) is 28.9. The van der Waals surface area contributed by atoms with Gasteiger partial charge in [0.25, 0.3) is 0 Å². The molecule has 0 aliphatic heterocycles. The first-order chi connectivity index (χ1) is 18.9. The molecule has 0 aromatic heterocycles. The number of hydrogen-bond acceptors (Lipinski definition) is 7. The van der Waals surface area contributed by atoms with E-state index < -0.39 is 11.6 Å². The van der Waals surface area contributed by atoms with Crippen LogP contribution in [0.25, 0.3) is 0 Å². The van der Waals surface area contributed by atoms with Crippen LogP contribution in [0.3, 0.4) is 0 Å². The largest absolute Gasteiger partial charge is 0.500 e. The maximum absolute atomic E-state index is 12.8. The number of hydrogen-bond donors (Lipinski definition) is 0. The summed E-state index contributed by atoms with van der Waals surface area (Å²) in [6.45, 7) is 16.7. The Morgan fingerprint density at radius 1 is 1.03 bits per heavy atom. The smallest absolute Gasteiger partial charge is 0.350 e. The van der Waals surface area contributed by atoms with Crippen molar-refractivity contribution < 1.29 is 23.7 Å². The number of rotatable bonds is 16. The molecule has 7 heteroatoms. The highest BCUT2D eigenvalue weighted by Gasteiger charge is 2.37. The summed E-state index contributed by atoms with van der Waals surface area (Å²) in [6.07, 6.45) is 6.26. The van der Waals surface area contributed by atoms with E-state index in [0.717, 1.165) is 21.9 Å². The lowest BCUT2D eigenvalue weighted by atomic mass is 9.96. The van der Waals surface area contributed by atoms with Crippen molar-refractivity contribution in [3.8, 4) is 11.5 Å². The van der Waals surface area contributed by atoms with Gasteiger partial charge < -0.3 is 18.9 Å². The van der Waals surface area contributed by atoms with Crippen molar-refractivity contribution in [2.24, 2.45) is 4.99 Å². The van der Waals surface area contributed by atoms with E-state index in [0.29, 0.717) is 31.8 Å². The van der Waals surface area contributed by atoms with Gasteiger partial charge in [-0.3, -0.25) is 4.99 Å². The number of para-hydroxylation sites is 1. The van der Waals surface area contributed by atoms with E-state index >= 15 is 0 Å². The molecule has 0 bridgehead atoms. The zero-order valence-electron chi connectivity index (χ0n) is 24.1. The van der Waals surface area contributed by atoms with Gasteiger partial charge in [-0.25, -0.2) is 4.79 Å². The fourth-order valence-corrected chi connectivity index (χ4v) is 3.65. The molecule has 39 heavy (non-hydrogen) atoms. The first kappa shape index (κ1) is 33.6. The summed E-state index contributed by atoms with van der Waals surface area (Å²) in [5, 5.41) is 1.95. The lowest BCUT2D eigenvalue weighted by molar-refractivity contribution is -0.160. The molecule has 0 radical (unpaired) electrons. The topological polar surface area (TPSA) is 66.3 Å². The van der Waals surface area contributed by atoms with Crippen LogP contribution in [0.5, 0.6) is 11.5 Å². The SMILES string of the molecule is C=C(C=N/C(=C\OCC)CCOc1ccc(C[C@@](C)(Oc2ccccc2)C(=O)OCC)cc1)S/C=C\C.CC. The standard InChI is InChI=1S/C30H37NO5S.C2H6/c1-6-20-37-24(4)22-31-26(23-33-7-2)18-19-35-27-16-14-25(15-17-27)21-30(5,29(32)34-8-3)36-28-12-10-9-11-13-28;1-2/h6,9-17,20,22-23H,4,7-8,18-19,21H2,1-3,5H3;1-2H3/b20-6-,26-23-,31-22?;/t30-;/m1./s1. The number of carbonyl (C=O) groups is 1. The summed E-state index contributed by atoms with van der Waals surface area (Å²) >= 11 is 1.51. The Morgan fingerprint density at radius 3 is 2.33 bits per heavy atom. The monoisotopic (exact) mass is 553 g/mol. The number of ether oxygens (including phenoxy) is 4. The molecule has 2 aromatic rings. The molecule has 0 aliphatic carbocycles. The minimum Gasteiger partial charge on any atom is -0.500 e. The van der Waals surface area contributed by atoms with Crippen LogP contribution in [0.4, 0.5) is 0 Å². The van der Waals surface area contributed by atoms with Crippen molar-refractivity contribution >= 4 is 23.9 Å². The Balaban J connectivity index is 0.00000371. The van der Waals surface area contributed by atoms with E-state index in [1.807, 2.05) is 93.8 Å². The van der Waals surface area contributed by atoms with Crippen molar-refractivity contribution in [1.29, 1.82) is 0 Å². The predicted octanol–water partition coefficient (Wildman–Crippen LogP) is 8.15. The maximum atomic E-state index is 12.8. The van der Waals surface area contributed by atoms with Gasteiger partial charge in [0.15, 0.2) is 0 Å². The van der Waals surface area contributed by atoms with Gasteiger partial charge in [-0.1, -0.05) is 68.6 Å². The molecule has 0 unspecified atom stereocenters. The first-order valence-corrected chi connectivity index (χ1v) is 14.2. The van der Waals surface area contributed by atoms with Crippen LogP contribution in [0, 0.1) is 0 Å². The quantitative estimate of drug-likeness (QED) is 0.119. The molecule has 0 amide bonds. The number of carbonyl (C=O) groups excluding carboxylic acids is 1. The Hall–Kier alpha value is -3.45. The van der Waals surface area contributed by atoms with Gasteiger partial charge in [0.1, 0.15) is 17.8 Å². The van der Waals surface area contributed by atoms with E-state index in [1.165, 1.54) is 11.8 Å². The van der Waals surface area contributed by atoms with Crippen molar-refractivity contribution in [3.63, 3.8) is 0 Å². The third kappa shape index (κ3) is 13.3. The Labute approximate surface area is 238 Å². The number of thioether (sulfide) groups is 1. The second kappa shape index (κ2) is 19.6. The van der Waals surface area contributed by atoms with Gasteiger partial charge in [-0.2, -0.15) is 0 Å². The third-order valence-corrected chi connectivity index (χ3v) is 5.82. The van der Waals surface area contributed by atoms with E-state index in [-0.39, 0.29) is 6.61 Å². The van der Waals surface area contributed by atoms with Crippen LogP contribution < -0.4 is 9.47 Å². The summed E-state index contributed by atoms with van der Waals surface area (Å²) in [7, 11) is 0. The fraction of sp³-hybridized carbons (Fsp3) is 0.375. The second-order valence-electron chi connectivity index (χ2n) is 8.16. The zero-order valence-corrected chi connectivity index (χ0v) is 25.0. The molecular weight excluding hydrogens is 510 g/mol. The number of nitrogens with zero attached hydrogens (tertiary/aromatic N) is 1. The van der Waals surface area contributed by atoms with E-state index in [1.54, 1.807) is 26.3 Å². The van der Waals surface area contributed by atoms with Gasteiger partial charge in [-0.15, -0.1) is 0 Å². The van der Waals surface area contributed by atoms with Crippen molar-refractivity contribution in [2.75, 3.05) is 19.8 Å². The van der Waals surface area contributed by atoms with Gasteiger partial charge in [-0.05, 0) is 62.9 Å². The second-order valence-corrected chi connectivity index (χ2v) is 9.19. The minimum atomic E-state index is -1.16. The summed E-state index contributed by atoms with van der Waals surface area (Å²) in [4.78, 5) is 18.1. The Kier molecular flexibility index (Phi) is 16.9. The predicted molar refractivity (Wildman–Crippen MR) is 163 cm³/mol. The molecule has 0 saturated carbocycles. The highest BCUT2D eigenvalue weighted by molar-refractivity contribution is 8.06. The molecular formula is C32H43NO5S. The van der Waals surface area contributed by atoms with Gasteiger partial charge >= 0.3 is 5.97 Å². The normalized spacial score (nSPS) is 12.8. The average Bonchev–Trinajstić information content (AvgIpc) is 2.95. The molecule has 212 valence electrons. The van der Waals surface area contributed by atoms with Crippen molar-refractivity contribution in [3.05, 3.63) is 95.1 Å². The fourth-order valence-electron chi connectivity index (χ4n) is 3.22. The molecule has 6 nitrogen and oxygen atoms in total. The molecule has 2 aromatic carbocycles. The molecule has 0 saturated heterocycles. The molecule has 1 atom stereocenters. The maximum Gasteiger partial charge on any atom is 0.350 e. The van der Waals surface area contributed by atoms with E-state index in [4.69, 9.17) is 18.9 Å². The molecule has 2 rings (SSSR count). The lowest BCUT2D eigenvalue weighted by Gasteiger charge is -2.28. The summed E-state index contributed by atoms with van der Waals surface area (Å²) in [5.74, 6) is 0.930. The Bertz CT molecular complexity index is 1060. The number of allylic oxidation sites excluding steroid dienone is 2. The summed E-state index contributed by atoms with van der Waals surface area (Å²) in [6, 6.07) is 16.9. The minimum absolute atomic E-state index is 0.284. The highest BCUT2D eigenvalue weighted by Crippen LogP contribution is 2.25. The number of benzene rings is 2. The number of esters is 1. The van der Waals surface area contributed by atoms with E-state index in [2.05, 4.69) is 11.6 Å². The van der Waals surface area contributed by atoms with Crippen molar-refractivity contribution in [2.45, 2.75) is 60.0 Å². The van der Waals surface area contributed by atoms with Gasteiger partial charge in [0.05, 0.1) is 25.5 Å². The van der Waals surface area contributed by atoms with Crippen LogP contribution in [-0.4, -0.2) is 37.6 Å². The molecule has 0 heterocycles. The highest BCUT2D eigenvalue weighted by atomic mass is 32.2. The van der Waals surface area contributed by atoms with Crippen LogP contribution in [0.15, 0.2) is 94.5 Å². The summed E-state index contributed by atoms with van der Waals surface area (Å²) < 4.78 is 22.7.